The first kappa shape index (κ1) is 12.0. The Morgan fingerprint density at radius 2 is 2.12 bits per heavy atom. The van der Waals surface area contributed by atoms with Gasteiger partial charge < -0.3 is 9.67 Å². The van der Waals surface area contributed by atoms with Crippen molar-refractivity contribution in [2.24, 2.45) is 5.41 Å². The Hall–Kier alpha value is -1.42. The summed E-state index contributed by atoms with van der Waals surface area (Å²) < 4.78 is 2.12. The van der Waals surface area contributed by atoms with Gasteiger partial charge in [-0.2, -0.15) is 0 Å². The summed E-state index contributed by atoms with van der Waals surface area (Å²) in [6.07, 6.45) is 2.36. The quantitative estimate of drug-likeness (QED) is 0.882. The Morgan fingerprint density at radius 3 is 2.76 bits per heavy atom. The van der Waals surface area contributed by atoms with Crippen LogP contribution < -0.4 is 0 Å². The minimum Gasteiger partial charge on any atom is -0.396 e. The van der Waals surface area contributed by atoms with Crippen molar-refractivity contribution in [1.82, 2.24) is 14.5 Å². The molecule has 2 heterocycles. The first-order valence-corrected chi connectivity index (χ1v) is 5.92. The molecule has 0 saturated heterocycles. The number of aliphatic hydroxyl groups is 1. The zero-order valence-electron chi connectivity index (χ0n) is 10.6. The normalized spacial score (nSPS) is 12.2. The SMILES string of the molecule is CC(C)(C)Cn1c(CCO)nc2cccnc21. The fourth-order valence-electron chi connectivity index (χ4n) is 1.94. The molecule has 2 aromatic heterocycles. The average Bonchev–Trinajstić information content (AvgIpc) is 2.56. The zero-order chi connectivity index (χ0) is 12.5. The number of pyridine rings is 1. The van der Waals surface area contributed by atoms with E-state index in [1.54, 1.807) is 6.20 Å². The van der Waals surface area contributed by atoms with Gasteiger partial charge in [0.05, 0.1) is 6.61 Å². The number of rotatable bonds is 3. The van der Waals surface area contributed by atoms with E-state index < -0.39 is 0 Å². The van der Waals surface area contributed by atoms with E-state index in [4.69, 9.17) is 5.11 Å². The smallest absolute Gasteiger partial charge is 0.160 e. The molecule has 92 valence electrons. The molecule has 0 aromatic carbocycles. The van der Waals surface area contributed by atoms with Crippen LogP contribution in [0.4, 0.5) is 0 Å². The highest BCUT2D eigenvalue weighted by Gasteiger charge is 2.17. The molecule has 17 heavy (non-hydrogen) atoms. The van der Waals surface area contributed by atoms with Crippen LogP contribution in [0.2, 0.25) is 0 Å². The molecule has 0 saturated carbocycles. The van der Waals surface area contributed by atoms with Crippen LogP contribution in [0.3, 0.4) is 0 Å². The molecule has 0 unspecified atom stereocenters. The van der Waals surface area contributed by atoms with Crippen LogP contribution in [-0.2, 0) is 13.0 Å². The minimum absolute atomic E-state index is 0.119. The molecule has 2 aromatic rings. The van der Waals surface area contributed by atoms with Crippen LogP contribution in [0, 0.1) is 5.41 Å². The molecule has 0 aliphatic heterocycles. The van der Waals surface area contributed by atoms with Gasteiger partial charge in [0.2, 0.25) is 0 Å². The van der Waals surface area contributed by atoms with Gasteiger partial charge in [-0.05, 0) is 17.5 Å². The van der Waals surface area contributed by atoms with E-state index in [0.717, 1.165) is 23.5 Å². The van der Waals surface area contributed by atoms with Crippen molar-refractivity contribution in [3.05, 3.63) is 24.2 Å². The summed E-state index contributed by atoms with van der Waals surface area (Å²) >= 11 is 0. The van der Waals surface area contributed by atoms with Crippen molar-refractivity contribution in [2.75, 3.05) is 6.61 Å². The Kier molecular flexibility index (Phi) is 3.15. The third-order valence-electron chi connectivity index (χ3n) is 2.55. The minimum atomic E-state index is 0.119. The lowest BCUT2D eigenvalue weighted by atomic mass is 9.97. The third kappa shape index (κ3) is 2.64. The lowest BCUT2D eigenvalue weighted by Crippen LogP contribution is -2.18. The highest BCUT2D eigenvalue weighted by Crippen LogP contribution is 2.22. The number of hydrogen-bond donors (Lipinski definition) is 1. The second-order valence-electron chi connectivity index (χ2n) is 5.49. The monoisotopic (exact) mass is 233 g/mol. The summed E-state index contributed by atoms with van der Waals surface area (Å²) in [5, 5.41) is 9.09. The average molecular weight is 233 g/mol. The third-order valence-corrected chi connectivity index (χ3v) is 2.55. The molecule has 1 N–H and O–H groups in total. The second kappa shape index (κ2) is 4.45. The summed E-state index contributed by atoms with van der Waals surface area (Å²) in [5.74, 6) is 0.913. The van der Waals surface area contributed by atoms with E-state index >= 15 is 0 Å². The van der Waals surface area contributed by atoms with Crippen molar-refractivity contribution in [1.29, 1.82) is 0 Å². The van der Waals surface area contributed by atoms with Crippen molar-refractivity contribution in [3.8, 4) is 0 Å². The number of hydrogen-bond acceptors (Lipinski definition) is 3. The molecule has 0 bridgehead atoms. The van der Waals surface area contributed by atoms with Gasteiger partial charge in [-0.15, -0.1) is 0 Å². The summed E-state index contributed by atoms with van der Waals surface area (Å²) in [7, 11) is 0. The molecule has 0 spiro atoms. The predicted octanol–water partition coefficient (Wildman–Crippen LogP) is 2.01. The van der Waals surface area contributed by atoms with E-state index in [9.17, 15) is 0 Å². The van der Waals surface area contributed by atoms with Gasteiger partial charge in [0.1, 0.15) is 11.3 Å². The molecule has 0 radical (unpaired) electrons. The molecule has 4 nitrogen and oxygen atoms in total. The maximum atomic E-state index is 9.09. The van der Waals surface area contributed by atoms with Gasteiger partial charge in [-0.25, -0.2) is 9.97 Å². The van der Waals surface area contributed by atoms with Crippen LogP contribution >= 0.6 is 0 Å². The van der Waals surface area contributed by atoms with E-state index in [0.29, 0.717) is 6.42 Å². The summed E-state index contributed by atoms with van der Waals surface area (Å²) in [4.78, 5) is 8.91. The molecular formula is C13H19N3O. The molecule has 0 atom stereocenters. The van der Waals surface area contributed by atoms with Gasteiger partial charge in [-0.1, -0.05) is 20.8 Å². The molecule has 0 aliphatic rings. The lowest BCUT2D eigenvalue weighted by molar-refractivity contribution is 0.288. The predicted molar refractivity (Wildman–Crippen MR) is 67.8 cm³/mol. The van der Waals surface area contributed by atoms with Crippen molar-refractivity contribution >= 4 is 11.2 Å². The second-order valence-corrected chi connectivity index (χ2v) is 5.49. The van der Waals surface area contributed by atoms with Crippen molar-refractivity contribution < 1.29 is 5.11 Å². The van der Waals surface area contributed by atoms with E-state index in [1.807, 2.05) is 12.1 Å². The Labute approximate surface area is 101 Å². The Balaban J connectivity index is 2.51. The van der Waals surface area contributed by atoms with E-state index in [2.05, 4.69) is 35.3 Å². The van der Waals surface area contributed by atoms with Gasteiger partial charge in [0, 0.05) is 19.2 Å². The highest BCUT2D eigenvalue weighted by atomic mass is 16.3. The van der Waals surface area contributed by atoms with Gasteiger partial charge in [-0.3, -0.25) is 0 Å². The van der Waals surface area contributed by atoms with Crippen molar-refractivity contribution in [3.63, 3.8) is 0 Å². The molecule has 4 heteroatoms. The van der Waals surface area contributed by atoms with Crippen LogP contribution in [0.15, 0.2) is 18.3 Å². The lowest BCUT2D eigenvalue weighted by Gasteiger charge is -2.20. The number of imidazole rings is 1. The largest absolute Gasteiger partial charge is 0.396 e. The first-order valence-electron chi connectivity index (χ1n) is 5.92. The maximum Gasteiger partial charge on any atom is 0.160 e. The molecule has 0 fully saturated rings. The Morgan fingerprint density at radius 1 is 1.35 bits per heavy atom. The topological polar surface area (TPSA) is 50.9 Å². The van der Waals surface area contributed by atoms with Gasteiger partial charge in [0.25, 0.3) is 0 Å². The fraction of sp³-hybridized carbons (Fsp3) is 0.538. The molecule has 2 rings (SSSR count). The van der Waals surface area contributed by atoms with Crippen LogP contribution in [-0.4, -0.2) is 26.2 Å². The zero-order valence-corrected chi connectivity index (χ0v) is 10.6. The summed E-state index contributed by atoms with van der Waals surface area (Å²) in [6, 6.07) is 3.85. The van der Waals surface area contributed by atoms with Gasteiger partial charge in [0.15, 0.2) is 5.65 Å². The number of fused-ring (bicyclic) bond motifs is 1. The maximum absolute atomic E-state index is 9.09. The standard InChI is InChI=1S/C13H19N3O/c1-13(2,3)9-16-11(6-8-17)15-10-5-4-7-14-12(10)16/h4-5,7,17H,6,8-9H2,1-3H3. The highest BCUT2D eigenvalue weighted by molar-refractivity contribution is 5.71. The van der Waals surface area contributed by atoms with E-state index in [-0.39, 0.29) is 12.0 Å². The summed E-state index contributed by atoms with van der Waals surface area (Å²) in [5.41, 5.74) is 1.97. The number of aliphatic hydroxyl groups excluding tert-OH is 1. The number of aromatic nitrogens is 3. The fourth-order valence-corrected chi connectivity index (χ4v) is 1.94. The van der Waals surface area contributed by atoms with Crippen LogP contribution in [0.25, 0.3) is 11.2 Å². The summed E-state index contributed by atoms with van der Waals surface area (Å²) in [6.45, 7) is 7.53. The number of nitrogens with zero attached hydrogens (tertiary/aromatic N) is 3. The van der Waals surface area contributed by atoms with Crippen molar-refractivity contribution in [2.45, 2.75) is 33.7 Å². The van der Waals surface area contributed by atoms with E-state index in [1.165, 1.54) is 0 Å². The van der Waals surface area contributed by atoms with Crippen LogP contribution in [0.1, 0.15) is 26.6 Å². The van der Waals surface area contributed by atoms with Crippen LogP contribution in [0.5, 0.6) is 0 Å². The molecule has 0 amide bonds. The first-order chi connectivity index (χ1) is 8.01. The molecular weight excluding hydrogens is 214 g/mol. The Bertz CT molecular complexity index is 511. The van der Waals surface area contributed by atoms with Gasteiger partial charge >= 0.3 is 0 Å². The molecule has 0 aliphatic carbocycles.